The SMILES string of the molecule is CCCC12COC(c3ccc(-c4ccc(C(=O)Oc5cc(F)c(C/C=C/C(F)F)c(F)c5)c(F)c4)c(F)c3)(OC1)OC2. The lowest BCUT2D eigenvalue weighted by Gasteiger charge is -2.51. The zero-order valence-electron chi connectivity index (χ0n) is 22.4. The van der Waals surface area contributed by atoms with E-state index in [0.29, 0.717) is 43.6 Å². The molecule has 0 unspecified atom stereocenters. The topological polar surface area (TPSA) is 54.0 Å². The number of carbonyl (C=O) groups excluding carboxylic acids is 1. The summed E-state index contributed by atoms with van der Waals surface area (Å²) in [4.78, 5) is 12.5. The number of fused-ring (bicyclic) bond motifs is 3. The molecule has 0 spiro atoms. The minimum absolute atomic E-state index is 0.0292. The van der Waals surface area contributed by atoms with Gasteiger partial charge in [0.1, 0.15) is 29.0 Å². The molecule has 0 amide bonds. The highest BCUT2D eigenvalue weighted by Gasteiger charge is 2.53. The Balaban J connectivity index is 1.30. The Bertz CT molecular complexity index is 1470. The van der Waals surface area contributed by atoms with Gasteiger partial charge >= 0.3 is 11.9 Å². The van der Waals surface area contributed by atoms with Gasteiger partial charge in [-0.3, -0.25) is 0 Å². The smallest absolute Gasteiger partial charge is 0.346 e. The minimum atomic E-state index is -2.78. The third kappa shape index (κ3) is 5.95. The first-order valence-corrected chi connectivity index (χ1v) is 13.2. The van der Waals surface area contributed by atoms with Crippen molar-refractivity contribution in [2.24, 2.45) is 5.41 Å². The highest BCUT2D eigenvalue weighted by molar-refractivity contribution is 5.92. The van der Waals surface area contributed by atoms with Gasteiger partial charge in [0.25, 0.3) is 6.43 Å². The van der Waals surface area contributed by atoms with Gasteiger partial charge in [-0.15, -0.1) is 0 Å². The van der Waals surface area contributed by atoms with Crippen LogP contribution in [-0.2, 0) is 26.6 Å². The van der Waals surface area contributed by atoms with Gasteiger partial charge in [-0.1, -0.05) is 37.6 Å². The molecule has 3 aliphatic heterocycles. The van der Waals surface area contributed by atoms with Crippen LogP contribution in [0.4, 0.5) is 26.3 Å². The van der Waals surface area contributed by atoms with Crippen LogP contribution in [-0.4, -0.2) is 32.2 Å². The monoisotopic (exact) mass is 592 g/mol. The molecule has 3 aromatic rings. The molecule has 0 aromatic heterocycles. The molecule has 11 heteroatoms. The van der Waals surface area contributed by atoms with Gasteiger partial charge < -0.3 is 18.9 Å². The largest absolute Gasteiger partial charge is 0.423 e. The van der Waals surface area contributed by atoms with Gasteiger partial charge in [0.05, 0.1) is 25.4 Å². The van der Waals surface area contributed by atoms with Crippen LogP contribution in [0, 0.1) is 28.7 Å². The second-order valence-corrected chi connectivity index (χ2v) is 10.3. The van der Waals surface area contributed by atoms with Gasteiger partial charge in [-0.25, -0.2) is 31.1 Å². The third-order valence-corrected chi connectivity index (χ3v) is 7.24. The van der Waals surface area contributed by atoms with Crippen molar-refractivity contribution in [2.45, 2.75) is 38.6 Å². The van der Waals surface area contributed by atoms with Crippen molar-refractivity contribution < 1.29 is 50.1 Å². The van der Waals surface area contributed by atoms with Gasteiger partial charge in [0.15, 0.2) is 0 Å². The summed E-state index contributed by atoms with van der Waals surface area (Å²) in [5.74, 6) is -7.35. The molecule has 42 heavy (non-hydrogen) atoms. The maximum atomic E-state index is 15.2. The number of alkyl halides is 2. The Morgan fingerprint density at radius 1 is 0.905 bits per heavy atom. The molecular formula is C31H26F6O5. The third-order valence-electron chi connectivity index (χ3n) is 7.24. The fourth-order valence-corrected chi connectivity index (χ4v) is 5.06. The minimum Gasteiger partial charge on any atom is -0.423 e. The van der Waals surface area contributed by atoms with Crippen molar-refractivity contribution in [3.05, 3.63) is 101 Å². The zero-order valence-corrected chi connectivity index (χ0v) is 22.4. The Morgan fingerprint density at radius 2 is 1.57 bits per heavy atom. The molecule has 3 aromatic carbocycles. The first-order valence-electron chi connectivity index (χ1n) is 13.2. The second kappa shape index (κ2) is 11.9. The molecule has 3 heterocycles. The van der Waals surface area contributed by atoms with E-state index in [1.54, 1.807) is 6.07 Å². The Kier molecular flexibility index (Phi) is 8.45. The summed E-state index contributed by atoms with van der Waals surface area (Å²) in [6.45, 7) is 3.29. The van der Waals surface area contributed by atoms with E-state index in [4.69, 9.17) is 18.9 Å². The number of rotatable bonds is 9. The average Bonchev–Trinajstić information content (AvgIpc) is 2.95. The van der Waals surface area contributed by atoms with Gasteiger partial charge in [-0.05, 0) is 42.7 Å². The standard InChI is InChI=1S/C31H26F6O5/c1-2-10-30-15-39-31(40-16-30,41-17-30)19-7-9-21(25(33)12-19)18-6-8-23(24(32)11-18)29(38)42-20-13-26(34)22(27(35)14-20)4-3-5-28(36)37/h3,5-9,11-14,28H,2,4,10,15-17H2,1H3/b5-3+. The fraction of sp³-hybridized carbons (Fsp3) is 0.323. The van der Waals surface area contributed by atoms with Crippen molar-refractivity contribution in [1.82, 2.24) is 0 Å². The summed E-state index contributed by atoms with van der Waals surface area (Å²) in [6.07, 6.45) is -0.0229. The van der Waals surface area contributed by atoms with E-state index in [2.05, 4.69) is 6.92 Å². The molecule has 0 aliphatic carbocycles. The fourth-order valence-electron chi connectivity index (χ4n) is 5.06. The van der Waals surface area contributed by atoms with E-state index >= 15 is 4.39 Å². The van der Waals surface area contributed by atoms with Crippen LogP contribution in [0.3, 0.4) is 0 Å². The molecule has 0 atom stereocenters. The molecule has 222 valence electrons. The number of halogens is 6. The Morgan fingerprint density at radius 3 is 2.14 bits per heavy atom. The zero-order chi connectivity index (χ0) is 30.1. The number of benzene rings is 3. The van der Waals surface area contributed by atoms with Crippen LogP contribution >= 0.6 is 0 Å². The summed E-state index contributed by atoms with van der Waals surface area (Å²) >= 11 is 0. The predicted molar refractivity (Wildman–Crippen MR) is 139 cm³/mol. The molecule has 0 saturated carbocycles. The lowest BCUT2D eigenvalue weighted by Crippen LogP contribution is -2.58. The number of allylic oxidation sites excluding steroid dienone is 2. The van der Waals surface area contributed by atoms with Crippen LogP contribution in [0.15, 0.2) is 60.7 Å². The second-order valence-electron chi connectivity index (χ2n) is 10.3. The van der Waals surface area contributed by atoms with Crippen LogP contribution in [0.1, 0.15) is 41.3 Å². The molecule has 0 N–H and O–H groups in total. The van der Waals surface area contributed by atoms with E-state index < -0.39 is 64.9 Å². The van der Waals surface area contributed by atoms with E-state index in [1.807, 2.05) is 0 Å². The van der Waals surface area contributed by atoms with E-state index in [1.165, 1.54) is 18.2 Å². The van der Waals surface area contributed by atoms with Crippen LogP contribution in [0.25, 0.3) is 11.1 Å². The van der Waals surface area contributed by atoms with Gasteiger partial charge in [0.2, 0.25) is 0 Å². The number of carbonyl (C=O) groups is 1. The van der Waals surface area contributed by atoms with E-state index in [0.717, 1.165) is 31.1 Å². The van der Waals surface area contributed by atoms with Gasteiger partial charge in [0, 0.05) is 34.2 Å². The van der Waals surface area contributed by atoms with Crippen molar-refractivity contribution >= 4 is 5.97 Å². The molecule has 6 rings (SSSR count). The summed E-state index contributed by atoms with van der Waals surface area (Å²) in [5, 5.41) is 0. The quantitative estimate of drug-likeness (QED) is 0.112. The highest BCUT2D eigenvalue weighted by Crippen LogP contribution is 2.46. The number of esters is 1. The van der Waals surface area contributed by atoms with E-state index in [9.17, 15) is 26.7 Å². The number of ether oxygens (including phenoxy) is 4. The predicted octanol–water partition coefficient (Wildman–Crippen LogP) is 7.47. The van der Waals surface area contributed by atoms with Crippen molar-refractivity contribution in [3.63, 3.8) is 0 Å². The molecular weight excluding hydrogens is 566 g/mol. The lowest BCUT2D eigenvalue weighted by molar-refractivity contribution is -0.480. The van der Waals surface area contributed by atoms with Crippen LogP contribution in [0.2, 0.25) is 0 Å². The van der Waals surface area contributed by atoms with E-state index in [-0.39, 0.29) is 16.5 Å². The molecule has 0 radical (unpaired) electrons. The van der Waals surface area contributed by atoms with Gasteiger partial charge in [-0.2, -0.15) is 0 Å². The maximum absolute atomic E-state index is 15.2. The van der Waals surface area contributed by atoms with Crippen molar-refractivity contribution in [3.8, 4) is 16.9 Å². The lowest BCUT2D eigenvalue weighted by atomic mass is 9.83. The normalized spacial score (nSPS) is 21.8. The van der Waals surface area contributed by atoms with Crippen LogP contribution < -0.4 is 4.74 Å². The summed E-state index contributed by atoms with van der Waals surface area (Å²) in [7, 11) is 0. The summed E-state index contributed by atoms with van der Waals surface area (Å²) < 4.78 is 106. The number of hydrogen-bond acceptors (Lipinski definition) is 5. The maximum Gasteiger partial charge on any atom is 0.346 e. The molecule has 3 saturated heterocycles. The Hall–Kier alpha value is -3.67. The molecule has 3 aliphatic rings. The van der Waals surface area contributed by atoms with Crippen LogP contribution in [0.5, 0.6) is 5.75 Å². The summed E-state index contributed by atoms with van der Waals surface area (Å²) in [5.41, 5.74) is -0.838. The van der Waals surface area contributed by atoms with Crippen molar-refractivity contribution in [2.75, 3.05) is 19.8 Å². The Labute approximate surface area is 237 Å². The average molecular weight is 593 g/mol. The first kappa shape index (κ1) is 29.8. The molecule has 2 bridgehead atoms. The molecule has 5 nitrogen and oxygen atoms in total. The van der Waals surface area contributed by atoms with Crippen molar-refractivity contribution in [1.29, 1.82) is 0 Å². The highest BCUT2D eigenvalue weighted by atomic mass is 19.3. The number of hydrogen-bond donors (Lipinski definition) is 0. The first-order chi connectivity index (χ1) is 20.0. The summed E-state index contributed by atoms with van der Waals surface area (Å²) in [6, 6.07) is 8.80. The molecule has 3 fully saturated rings.